The fraction of sp³-hybridized carbons (Fsp3) is 0.364. The van der Waals surface area contributed by atoms with Crippen molar-refractivity contribution in [3.8, 4) is 11.5 Å². The SMILES string of the molecule is CC(Cc1ccc(O)cc1)NC(=O)Oc1ccc(N(CCCl)CCCl)cc1.COC=O. The van der Waals surface area contributed by atoms with Crippen LogP contribution in [0.15, 0.2) is 48.5 Å². The van der Waals surface area contributed by atoms with Crippen LogP contribution in [-0.4, -0.2) is 55.7 Å². The molecular formula is C22H28Cl2N2O5. The third-order valence-electron chi connectivity index (χ3n) is 4.06. The minimum atomic E-state index is -0.507. The first-order valence-corrected chi connectivity index (χ1v) is 10.7. The number of ether oxygens (including phenoxy) is 2. The number of hydrogen-bond donors (Lipinski definition) is 2. The van der Waals surface area contributed by atoms with Crippen LogP contribution < -0.4 is 15.0 Å². The highest BCUT2D eigenvalue weighted by molar-refractivity contribution is 6.18. The van der Waals surface area contributed by atoms with Crippen LogP contribution in [0.25, 0.3) is 0 Å². The fourth-order valence-corrected chi connectivity index (χ4v) is 3.08. The number of rotatable bonds is 10. The average molecular weight is 471 g/mol. The van der Waals surface area contributed by atoms with Crippen molar-refractivity contribution >= 4 is 41.5 Å². The summed E-state index contributed by atoms with van der Waals surface area (Å²) in [4.78, 5) is 23.1. The van der Waals surface area contributed by atoms with Crippen LogP contribution in [0.1, 0.15) is 12.5 Å². The average Bonchev–Trinajstić information content (AvgIpc) is 2.76. The van der Waals surface area contributed by atoms with Crippen molar-refractivity contribution < 1.29 is 24.2 Å². The van der Waals surface area contributed by atoms with Crippen molar-refractivity contribution in [2.75, 3.05) is 36.9 Å². The summed E-state index contributed by atoms with van der Waals surface area (Å²) in [5, 5.41) is 12.1. The molecule has 0 aromatic heterocycles. The molecular weight excluding hydrogens is 443 g/mol. The van der Waals surface area contributed by atoms with E-state index in [0.29, 0.717) is 43.5 Å². The number of anilines is 1. The zero-order valence-corrected chi connectivity index (χ0v) is 19.1. The van der Waals surface area contributed by atoms with Crippen LogP contribution in [-0.2, 0) is 16.0 Å². The first-order valence-electron chi connectivity index (χ1n) is 9.63. The number of carbonyl (C=O) groups excluding carboxylic acids is 2. The molecule has 0 spiro atoms. The molecule has 0 heterocycles. The fourth-order valence-electron chi connectivity index (χ4n) is 2.67. The van der Waals surface area contributed by atoms with Crippen molar-refractivity contribution in [3.63, 3.8) is 0 Å². The third-order valence-corrected chi connectivity index (χ3v) is 4.40. The van der Waals surface area contributed by atoms with Crippen LogP contribution >= 0.6 is 23.2 Å². The maximum Gasteiger partial charge on any atom is 0.412 e. The van der Waals surface area contributed by atoms with E-state index >= 15 is 0 Å². The van der Waals surface area contributed by atoms with E-state index in [2.05, 4.69) is 15.0 Å². The number of hydrogen-bond acceptors (Lipinski definition) is 6. The normalized spacial score (nSPS) is 10.8. The summed E-state index contributed by atoms with van der Waals surface area (Å²) in [5.74, 6) is 1.70. The summed E-state index contributed by atoms with van der Waals surface area (Å²) >= 11 is 11.6. The predicted molar refractivity (Wildman–Crippen MR) is 124 cm³/mol. The molecule has 1 atom stereocenters. The minimum Gasteiger partial charge on any atom is -0.508 e. The Morgan fingerprint density at radius 2 is 1.65 bits per heavy atom. The van der Waals surface area contributed by atoms with Crippen LogP contribution in [0.3, 0.4) is 0 Å². The summed E-state index contributed by atoms with van der Waals surface area (Å²) in [6, 6.07) is 14.0. The van der Waals surface area contributed by atoms with E-state index in [1.54, 1.807) is 24.3 Å². The number of phenolic OH excluding ortho intramolecular Hbond substituents is 1. The number of phenols is 1. The molecule has 0 fully saturated rings. The maximum absolute atomic E-state index is 12.1. The van der Waals surface area contributed by atoms with E-state index in [-0.39, 0.29) is 11.8 Å². The smallest absolute Gasteiger partial charge is 0.412 e. The largest absolute Gasteiger partial charge is 0.508 e. The van der Waals surface area contributed by atoms with Crippen molar-refractivity contribution in [2.24, 2.45) is 0 Å². The molecule has 170 valence electrons. The van der Waals surface area contributed by atoms with Gasteiger partial charge in [-0.1, -0.05) is 12.1 Å². The highest BCUT2D eigenvalue weighted by Crippen LogP contribution is 2.20. The van der Waals surface area contributed by atoms with E-state index < -0.39 is 6.09 Å². The molecule has 9 heteroatoms. The molecule has 0 aliphatic heterocycles. The second kappa shape index (κ2) is 15.2. The van der Waals surface area contributed by atoms with E-state index in [1.165, 1.54) is 7.11 Å². The van der Waals surface area contributed by atoms with Gasteiger partial charge in [0.2, 0.25) is 0 Å². The van der Waals surface area contributed by atoms with Gasteiger partial charge in [-0.15, -0.1) is 23.2 Å². The Kier molecular flexibility index (Phi) is 12.9. The number of amides is 1. The number of benzene rings is 2. The first kappa shape index (κ1) is 26.4. The molecule has 1 amide bonds. The number of alkyl halides is 2. The van der Waals surface area contributed by atoms with Gasteiger partial charge in [0.05, 0.1) is 7.11 Å². The first-order chi connectivity index (χ1) is 14.9. The highest BCUT2D eigenvalue weighted by Gasteiger charge is 2.11. The summed E-state index contributed by atoms with van der Waals surface area (Å²) in [5.41, 5.74) is 1.99. The van der Waals surface area contributed by atoms with Gasteiger partial charge in [-0.2, -0.15) is 0 Å². The Morgan fingerprint density at radius 3 is 2.13 bits per heavy atom. The molecule has 0 saturated carbocycles. The van der Waals surface area contributed by atoms with Gasteiger partial charge >= 0.3 is 6.09 Å². The van der Waals surface area contributed by atoms with Crippen molar-refractivity contribution in [1.29, 1.82) is 0 Å². The summed E-state index contributed by atoms with van der Waals surface area (Å²) in [7, 11) is 1.31. The van der Waals surface area contributed by atoms with Gasteiger partial charge in [0.1, 0.15) is 11.5 Å². The second-order valence-electron chi connectivity index (χ2n) is 6.50. The topological polar surface area (TPSA) is 88.1 Å². The number of carbonyl (C=O) groups is 2. The number of methoxy groups -OCH3 is 1. The Hall–Kier alpha value is -2.64. The molecule has 0 radical (unpaired) electrons. The van der Waals surface area contributed by atoms with Crippen molar-refractivity contribution in [1.82, 2.24) is 5.32 Å². The Labute approximate surface area is 192 Å². The lowest BCUT2D eigenvalue weighted by molar-refractivity contribution is -0.126. The molecule has 2 rings (SSSR count). The number of halogens is 2. The van der Waals surface area contributed by atoms with Gasteiger partial charge in [-0.05, 0) is 55.3 Å². The van der Waals surface area contributed by atoms with Crippen LogP contribution in [0.2, 0.25) is 0 Å². The molecule has 0 aliphatic carbocycles. The van der Waals surface area contributed by atoms with Gasteiger partial charge in [0, 0.05) is 36.6 Å². The van der Waals surface area contributed by atoms with Crippen LogP contribution in [0.5, 0.6) is 11.5 Å². The Bertz CT molecular complexity index is 766. The number of aromatic hydroxyl groups is 1. The van der Waals surface area contributed by atoms with E-state index in [4.69, 9.17) is 32.7 Å². The number of nitrogens with zero attached hydrogens (tertiary/aromatic N) is 1. The van der Waals surface area contributed by atoms with Crippen molar-refractivity contribution in [3.05, 3.63) is 54.1 Å². The molecule has 2 aromatic carbocycles. The van der Waals surface area contributed by atoms with Crippen molar-refractivity contribution in [2.45, 2.75) is 19.4 Å². The lowest BCUT2D eigenvalue weighted by Crippen LogP contribution is -2.36. The molecule has 1 unspecified atom stereocenters. The molecule has 7 nitrogen and oxygen atoms in total. The third kappa shape index (κ3) is 10.8. The molecule has 0 saturated heterocycles. The second-order valence-corrected chi connectivity index (χ2v) is 7.25. The monoisotopic (exact) mass is 470 g/mol. The van der Waals surface area contributed by atoms with E-state index in [1.807, 2.05) is 31.2 Å². The zero-order valence-electron chi connectivity index (χ0n) is 17.6. The highest BCUT2D eigenvalue weighted by atomic mass is 35.5. The maximum atomic E-state index is 12.1. The molecule has 31 heavy (non-hydrogen) atoms. The Balaban J connectivity index is 0.00000110. The quantitative estimate of drug-likeness (QED) is 0.399. The zero-order chi connectivity index (χ0) is 23.1. The number of nitrogens with one attached hydrogen (secondary N) is 1. The molecule has 2 N–H and O–H groups in total. The standard InChI is InChI=1S/C20H24Cl2N2O3.C2H4O2/c1-15(14-16-2-6-18(25)7-3-16)23-20(26)27-19-8-4-17(5-9-19)24(12-10-21)13-11-22;1-4-2-3/h2-9,15,25H,10-14H2,1H3,(H,23,26);2H,1H3. The van der Waals surface area contributed by atoms with E-state index in [9.17, 15) is 9.90 Å². The minimum absolute atomic E-state index is 0.107. The van der Waals surface area contributed by atoms with Gasteiger partial charge in [-0.25, -0.2) is 4.79 Å². The summed E-state index contributed by atoms with van der Waals surface area (Å²) < 4.78 is 9.20. The van der Waals surface area contributed by atoms with Crippen LogP contribution in [0, 0.1) is 0 Å². The summed E-state index contributed by atoms with van der Waals surface area (Å²) in [6.07, 6.45) is 0.132. The molecule has 0 aliphatic rings. The predicted octanol–water partition coefficient (Wildman–Crippen LogP) is 4.19. The molecule has 0 bridgehead atoms. The lowest BCUT2D eigenvalue weighted by atomic mass is 10.1. The molecule has 2 aromatic rings. The van der Waals surface area contributed by atoms with Gasteiger partial charge in [0.15, 0.2) is 0 Å². The Morgan fingerprint density at radius 1 is 1.10 bits per heavy atom. The van der Waals surface area contributed by atoms with E-state index in [0.717, 1.165) is 11.3 Å². The lowest BCUT2D eigenvalue weighted by Gasteiger charge is -2.23. The van der Waals surface area contributed by atoms with Gasteiger partial charge in [-0.3, -0.25) is 4.79 Å². The van der Waals surface area contributed by atoms with Gasteiger partial charge < -0.3 is 24.8 Å². The van der Waals surface area contributed by atoms with Crippen LogP contribution in [0.4, 0.5) is 10.5 Å². The van der Waals surface area contributed by atoms with Gasteiger partial charge in [0.25, 0.3) is 6.47 Å². The summed E-state index contributed by atoms with van der Waals surface area (Å²) in [6.45, 7) is 3.67.